The number of hydrogen-bond donors (Lipinski definition) is 0. The van der Waals surface area contributed by atoms with Gasteiger partial charge in [0.05, 0.1) is 12.5 Å². The van der Waals surface area contributed by atoms with E-state index in [9.17, 15) is 13.6 Å². The van der Waals surface area contributed by atoms with Crippen LogP contribution < -0.4 is 0 Å². The van der Waals surface area contributed by atoms with Crippen molar-refractivity contribution in [2.75, 3.05) is 19.7 Å². The van der Waals surface area contributed by atoms with Crippen molar-refractivity contribution in [2.45, 2.75) is 26.3 Å². The first kappa shape index (κ1) is 18.5. The molecule has 1 aromatic heterocycles. The standard InChI is InChI=1S/C20H22F2N2O2/c1-2-26-20(25)15-5-4-8-24(13-15)12-14-9-16(11-23-10-14)17-6-3-7-18(21)19(17)22/h3,6-7,9-11,15H,2,4-5,8,12-13H2,1H3. The summed E-state index contributed by atoms with van der Waals surface area (Å²) in [6, 6.07) is 5.93. The van der Waals surface area contributed by atoms with Crippen LogP contribution in [0.5, 0.6) is 0 Å². The zero-order chi connectivity index (χ0) is 18.5. The summed E-state index contributed by atoms with van der Waals surface area (Å²) in [7, 11) is 0. The highest BCUT2D eigenvalue weighted by Crippen LogP contribution is 2.26. The summed E-state index contributed by atoms with van der Waals surface area (Å²) in [5.74, 6) is -2.00. The van der Waals surface area contributed by atoms with Crippen LogP contribution in [0.3, 0.4) is 0 Å². The number of carbonyl (C=O) groups is 1. The second kappa shape index (κ2) is 8.36. The summed E-state index contributed by atoms with van der Waals surface area (Å²) < 4.78 is 32.6. The van der Waals surface area contributed by atoms with E-state index in [1.807, 2.05) is 6.07 Å². The van der Waals surface area contributed by atoms with Crippen LogP contribution >= 0.6 is 0 Å². The Morgan fingerprint density at radius 2 is 2.19 bits per heavy atom. The Hall–Kier alpha value is -2.34. The summed E-state index contributed by atoms with van der Waals surface area (Å²) in [4.78, 5) is 18.3. The number of rotatable bonds is 5. The molecule has 138 valence electrons. The predicted molar refractivity (Wildman–Crippen MR) is 94.2 cm³/mol. The van der Waals surface area contributed by atoms with E-state index in [0.717, 1.165) is 31.0 Å². The van der Waals surface area contributed by atoms with Gasteiger partial charge in [0.2, 0.25) is 0 Å². The van der Waals surface area contributed by atoms with E-state index in [0.29, 0.717) is 25.3 Å². The molecule has 3 rings (SSSR count). The number of piperidine rings is 1. The molecule has 2 aromatic rings. The van der Waals surface area contributed by atoms with Crippen molar-refractivity contribution in [3.05, 3.63) is 53.9 Å². The molecule has 0 saturated carbocycles. The zero-order valence-electron chi connectivity index (χ0n) is 14.8. The van der Waals surface area contributed by atoms with Gasteiger partial charge >= 0.3 is 5.97 Å². The van der Waals surface area contributed by atoms with Crippen LogP contribution in [0, 0.1) is 17.6 Å². The van der Waals surface area contributed by atoms with E-state index in [2.05, 4.69) is 9.88 Å². The van der Waals surface area contributed by atoms with Gasteiger partial charge in [-0.05, 0) is 44.0 Å². The van der Waals surface area contributed by atoms with E-state index in [1.54, 1.807) is 13.1 Å². The lowest BCUT2D eigenvalue weighted by atomic mass is 9.97. The average molecular weight is 360 g/mol. The van der Waals surface area contributed by atoms with Crippen molar-refractivity contribution < 1.29 is 18.3 Å². The highest BCUT2D eigenvalue weighted by Gasteiger charge is 2.26. The van der Waals surface area contributed by atoms with E-state index in [1.165, 1.54) is 18.3 Å². The molecule has 0 amide bonds. The second-order valence-corrected chi connectivity index (χ2v) is 6.51. The quantitative estimate of drug-likeness (QED) is 0.761. The maximum atomic E-state index is 14.0. The summed E-state index contributed by atoms with van der Waals surface area (Å²) in [6.45, 7) is 4.32. The van der Waals surface area contributed by atoms with Crippen LogP contribution in [-0.4, -0.2) is 35.5 Å². The predicted octanol–water partition coefficient (Wildman–Crippen LogP) is 3.80. The highest BCUT2D eigenvalue weighted by atomic mass is 19.2. The van der Waals surface area contributed by atoms with Gasteiger partial charge in [-0.25, -0.2) is 8.78 Å². The Bertz CT molecular complexity index is 782. The summed E-state index contributed by atoms with van der Waals surface area (Å²) in [6.07, 6.45) is 5.00. The zero-order valence-corrected chi connectivity index (χ0v) is 14.8. The van der Waals surface area contributed by atoms with Gasteiger partial charge in [-0.2, -0.15) is 0 Å². The number of halogens is 2. The van der Waals surface area contributed by atoms with Crippen molar-refractivity contribution >= 4 is 5.97 Å². The van der Waals surface area contributed by atoms with Crippen LogP contribution in [0.4, 0.5) is 8.78 Å². The first-order chi connectivity index (χ1) is 12.6. The third kappa shape index (κ3) is 4.25. The lowest BCUT2D eigenvalue weighted by Crippen LogP contribution is -2.38. The van der Waals surface area contributed by atoms with Crippen LogP contribution in [0.2, 0.25) is 0 Å². The number of esters is 1. The molecule has 4 nitrogen and oxygen atoms in total. The molecule has 1 atom stereocenters. The van der Waals surface area contributed by atoms with Gasteiger partial charge < -0.3 is 4.74 Å². The fourth-order valence-corrected chi connectivity index (χ4v) is 3.36. The largest absolute Gasteiger partial charge is 0.466 e. The number of ether oxygens (including phenoxy) is 1. The van der Waals surface area contributed by atoms with Gasteiger partial charge in [0.1, 0.15) is 0 Å². The molecule has 2 heterocycles. The summed E-state index contributed by atoms with van der Waals surface area (Å²) in [5, 5.41) is 0. The van der Waals surface area contributed by atoms with Crippen molar-refractivity contribution in [1.82, 2.24) is 9.88 Å². The minimum absolute atomic E-state index is 0.111. The normalized spacial score (nSPS) is 17.9. The maximum Gasteiger partial charge on any atom is 0.310 e. The Morgan fingerprint density at radius 3 is 3.00 bits per heavy atom. The number of nitrogens with zero attached hydrogens (tertiary/aromatic N) is 2. The van der Waals surface area contributed by atoms with E-state index >= 15 is 0 Å². The number of benzene rings is 1. The van der Waals surface area contributed by atoms with Gasteiger partial charge in [-0.1, -0.05) is 12.1 Å². The van der Waals surface area contributed by atoms with Crippen molar-refractivity contribution in [3.8, 4) is 11.1 Å². The molecule has 1 saturated heterocycles. The lowest BCUT2D eigenvalue weighted by Gasteiger charge is -2.31. The molecule has 0 radical (unpaired) electrons. The molecule has 6 heteroatoms. The fraction of sp³-hybridized carbons (Fsp3) is 0.400. The Morgan fingerprint density at radius 1 is 1.35 bits per heavy atom. The minimum atomic E-state index is -0.874. The Balaban J connectivity index is 1.73. The maximum absolute atomic E-state index is 14.0. The smallest absolute Gasteiger partial charge is 0.310 e. The topological polar surface area (TPSA) is 42.4 Å². The van der Waals surface area contributed by atoms with Crippen LogP contribution in [0.25, 0.3) is 11.1 Å². The molecular formula is C20H22F2N2O2. The second-order valence-electron chi connectivity index (χ2n) is 6.51. The molecular weight excluding hydrogens is 338 g/mol. The average Bonchev–Trinajstić information content (AvgIpc) is 2.65. The monoisotopic (exact) mass is 360 g/mol. The third-order valence-electron chi connectivity index (χ3n) is 4.59. The molecule has 26 heavy (non-hydrogen) atoms. The van der Waals surface area contributed by atoms with Gasteiger partial charge in [0.25, 0.3) is 0 Å². The van der Waals surface area contributed by atoms with Gasteiger partial charge in [0.15, 0.2) is 11.6 Å². The summed E-state index contributed by atoms with van der Waals surface area (Å²) in [5.41, 5.74) is 1.64. The lowest BCUT2D eigenvalue weighted by molar-refractivity contribution is -0.150. The van der Waals surface area contributed by atoms with Crippen molar-refractivity contribution in [3.63, 3.8) is 0 Å². The molecule has 1 unspecified atom stereocenters. The molecule has 1 aliphatic rings. The molecule has 0 aliphatic carbocycles. The molecule has 0 N–H and O–H groups in total. The van der Waals surface area contributed by atoms with E-state index < -0.39 is 11.6 Å². The van der Waals surface area contributed by atoms with Crippen LogP contribution in [0.15, 0.2) is 36.7 Å². The SMILES string of the molecule is CCOC(=O)C1CCCN(Cc2cncc(-c3cccc(F)c3F)c2)C1. The number of likely N-dealkylation sites (tertiary alicyclic amines) is 1. The number of pyridine rings is 1. The van der Waals surface area contributed by atoms with Gasteiger partial charge in [0, 0.05) is 36.6 Å². The van der Waals surface area contributed by atoms with Crippen molar-refractivity contribution in [2.24, 2.45) is 5.92 Å². The summed E-state index contributed by atoms with van der Waals surface area (Å²) >= 11 is 0. The number of carbonyl (C=O) groups excluding carboxylic acids is 1. The first-order valence-electron chi connectivity index (χ1n) is 8.85. The van der Waals surface area contributed by atoms with Crippen LogP contribution in [-0.2, 0) is 16.1 Å². The Labute approximate surface area is 151 Å². The number of aromatic nitrogens is 1. The van der Waals surface area contributed by atoms with E-state index in [-0.39, 0.29) is 17.5 Å². The first-order valence-corrected chi connectivity index (χ1v) is 8.85. The third-order valence-corrected chi connectivity index (χ3v) is 4.59. The van der Waals surface area contributed by atoms with Gasteiger partial charge in [-0.15, -0.1) is 0 Å². The molecule has 1 aliphatic heterocycles. The van der Waals surface area contributed by atoms with Crippen LogP contribution in [0.1, 0.15) is 25.3 Å². The minimum Gasteiger partial charge on any atom is -0.466 e. The molecule has 1 fully saturated rings. The number of hydrogen-bond acceptors (Lipinski definition) is 4. The highest BCUT2D eigenvalue weighted by molar-refractivity contribution is 5.72. The Kier molecular flexibility index (Phi) is 5.93. The van der Waals surface area contributed by atoms with Gasteiger partial charge in [-0.3, -0.25) is 14.7 Å². The molecule has 1 aromatic carbocycles. The molecule has 0 spiro atoms. The molecule has 0 bridgehead atoms. The van der Waals surface area contributed by atoms with E-state index in [4.69, 9.17) is 4.74 Å². The van der Waals surface area contributed by atoms with Crippen molar-refractivity contribution in [1.29, 1.82) is 0 Å². The fourth-order valence-electron chi connectivity index (χ4n) is 3.36.